The lowest BCUT2D eigenvalue weighted by molar-refractivity contribution is 0.112. The van der Waals surface area contributed by atoms with Crippen molar-refractivity contribution in [2.75, 3.05) is 19.5 Å². The molecule has 0 atom stereocenters. The van der Waals surface area contributed by atoms with Crippen LogP contribution in [0.4, 0.5) is 10.3 Å². The van der Waals surface area contributed by atoms with Crippen molar-refractivity contribution >= 4 is 17.9 Å². The Labute approximate surface area is 171 Å². The summed E-state index contributed by atoms with van der Waals surface area (Å²) in [4.78, 5) is 20.0. The summed E-state index contributed by atoms with van der Waals surface area (Å²) in [7, 11) is 3.14. The van der Waals surface area contributed by atoms with E-state index >= 15 is 0 Å². The largest absolute Gasteiger partial charge is 0.493 e. The number of carbonyl (C=O) groups excluding carboxylic acids is 1. The molecular weight excluding hydrogens is 389 g/mol. The Morgan fingerprint density at radius 2 is 1.93 bits per heavy atom. The molecule has 2 aromatic heterocycles. The van der Waals surface area contributed by atoms with Gasteiger partial charge in [0.1, 0.15) is 5.82 Å². The monoisotopic (exact) mass is 407 g/mol. The number of halogens is 1. The number of rotatable bonds is 7. The van der Waals surface area contributed by atoms with E-state index < -0.39 is 5.82 Å². The summed E-state index contributed by atoms with van der Waals surface area (Å²) in [6, 6.07) is 11.7. The highest BCUT2D eigenvalue weighted by molar-refractivity contribution is 5.84. The molecule has 0 amide bonds. The van der Waals surface area contributed by atoms with E-state index in [2.05, 4.69) is 20.4 Å². The lowest BCUT2D eigenvalue weighted by Crippen LogP contribution is -2.09. The summed E-state index contributed by atoms with van der Waals surface area (Å²) < 4.78 is 26.1. The van der Waals surface area contributed by atoms with Crippen LogP contribution in [0.25, 0.3) is 17.0 Å². The molecule has 4 rings (SSSR count). The first-order chi connectivity index (χ1) is 14.6. The van der Waals surface area contributed by atoms with Crippen LogP contribution >= 0.6 is 0 Å². The van der Waals surface area contributed by atoms with E-state index in [4.69, 9.17) is 9.47 Å². The number of hydrogen-bond acceptors (Lipinski definition) is 7. The fourth-order valence-electron chi connectivity index (χ4n) is 3.02. The van der Waals surface area contributed by atoms with E-state index in [9.17, 15) is 9.18 Å². The molecule has 8 nitrogen and oxygen atoms in total. The van der Waals surface area contributed by atoms with Gasteiger partial charge >= 0.3 is 0 Å². The summed E-state index contributed by atoms with van der Waals surface area (Å²) in [5.41, 5.74) is 1.69. The molecule has 2 aromatic carbocycles. The average molecular weight is 407 g/mol. The van der Waals surface area contributed by atoms with E-state index in [-0.39, 0.29) is 22.6 Å². The van der Waals surface area contributed by atoms with Crippen molar-refractivity contribution < 1.29 is 18.7 Å². The molecule has 0 radical (unpaired) electrons. The van der Waals surface area contributed by atoms with Crippen LogP contribution in [0.3, 0.4) is 0 Å². The molecule has 2 heterocycles. The molecule has 1 N–H and O–H groups in total. The zero-order chi connectivity index (χ0) is 21.1. The Morgan fingerprint density at radius 3 is 2.67 bits per heavy atom. The van der Waals surface area contributed by atoms with Crippen LogP contribution < -0.4 is 14.8 Å². The van der Waals surface area contributed by atoms with Gasteiger partial charge in [0.05, 0.1) is 25.3 Å². The highest BCUT2D eigenvalue weighted by Crippen LogP contribution is 2.28. The molecule has 0 unspecified atom stereocenters. The van der Waals surface area contributed by atoms with E-state index in [1.54, 1.807) is 38.5 Å². The molecule has 4 aromatic rings. The van der Waals surface area contributed by atoms with Crippen LogP contribution in [0.15, 0.2) is 48.7 Å². The van der Waals surface area contributed by atoms with Crippen molar-refractivity contribution in [3.05, 3.63) is 65.6 Å². The van der Waals surface area contributed by atoms with Gasteiger partial charge < -0.3 is 14.8 Å². The number of nitrogens with zero attached hydrogens (tertiary/aromatic N) is 4. The van der Waals surface area contributed by atoms with Crippen molar-refractivity contribution in [1.29, 1.82) is 0 Å². The Morgan fingerprint density at radius 1 is 1.13 bits per heavy atom. The Kier molecular flexibility index (Phi) is 5.25. The zero-order valence-corrected chi connectivity index (χ0v) is 16.3. The first-order valence-electron chi connectivity index (χ1n) is 9.05. The van der Waals surface area contributed by atoms with Crippen LogP contribution in [-0.2, 0) is 6.54 Å². The number of benzene rings is 2. The molecule has 0 saturated carbocycles. The molecule has 0 bridgehead atoms. The maximum Gasteiger partial charge on any atom is 0.226 e. The zero-order valence-electron chi connectivity index (χ0n) is 16.3. The van der Waals surface area contributed by atoms with E-state index in [1.807, 2.05) is 12.1 Å². The van der Waals surface area contributed by atoms with Crippen molar-refractivity contribution in [1.82, 2.24) is 19.6 Å². The SMILES string of the molecule is COc1ccc(CNc2ncc(C=O)c3nc(-c4ccccc4F)nn23)cc1OC. The van der Waals surface area contributed by atoms with Gasteiger partial charge in [0.2, 0.25) is 5.95 Å². The minimum Gasteiger partial charge on any atom is -0.493 e. The number of nitrogens with one attached hydrogen (secondary N) is 1. The Bertz CT molecular complexity index is 1220. The van der Waals surface area contributed by atoms with Crippen molar-refractivity contribution in [2.24, 2.45) is 0 Å². The summed E-state index contributed by atoms with van der Waals surface area (Å²) in [5, 5.41) is 7.53. The molecule has 0 aliphatic heterocycles. The maximum absolute atomic E-state index is 14.2. The van der Waals surface area contributed by atoms with Crippen molar-refractivity contribution in [3.8, 4) is 22.9 Å². The Hall–Kier alpha value is -4.01. The number of aromatic nitrogens is 4. The summed E-state index contributed by atoms with van der Waals surface area (Å²) in [5.74, 6) is 1.31. The van der Waals surface area contributed by atoms with Gasteiger partial charge in [0.15, 0.2) is 29.3 Å². The van der Waals surface area contributed by atoms with Crippen molar-refractivity contribution in [2.45, 2.75) is 6.54 Å². The van der Waals surface area contributed by atoms with Crippen LogP contribution in [0.5, 0.6) is 11.5 Å². The second-order valence-electron chi connectivity index (χ2n) is 6.35. The molecule has 0 saturated heterocycles. The van der Waals surface area contributed by atoms with Crippen LogP contribution in [0.1, 0.15) is 15.9 Å². The van der Waals surface area contributed by atoms with Gasteiger partial charge in [0.25, 0.3) is 0 Å². The number of fused-ring (bicyclic) bond motifs is 1. The van der Waals surface area contributed by atoms with Gasteiger partial charge in [-0.2, -0.15) is 4.52 Å². The maximum atomic E-state index is 14.2. The van der Waals surface area contributed by atoms with Crippen LogP contribution in [0, 0.1) is 5.82 Å². The first kappa shape index (κ1) is 19.3. The van der Waals surface area contributed by atoms with E-state index in [0.717, 1.165) is 5.56 Å². The predicted molar refractivity (Wildman–Crippen MR) is 108 cm³/mol. The number of hydrogen-bond donors (Lipinski definition) is 1. The smallest absolute Gasteiger partial charge is 0.226 e. The highest BCUT2D eigenvalue weighted by atomic mass is 19.1. The first-order valence-corrected chi connectivity index (χ1v) is 9.05. The molecule has 0 aliphatic rings. The molecule has 0 aliphatic carbocycles. The number of carbonyl (C=O) groups is 1. The predicted octanol–water partition coefficient (Wildman–Crippen LogP) is 3.37. The fourth-order valence-corrected chi connectivity index (χ4v) is 3.02. The van der Waals surface area contributed by atoms with Gasteiger partial charge in [-0.25, -0.2) is 14.4 Å². The number of aldehydes is 1. The molecule has 0 fully saturated rings. The number of anilines is 1. The molecule has 9 heteroatoms. The summed E-state index contributed by atoms with van der Waals surface area (Å²) in [6.45, 7) is 0.401. The van der Waals surface area contributed by atoms with Gasteiger partial charge in [-0.15, -0.1) is 5.10 Å². The van der Waals surface area contributed by atoms with E-state index in [1.165, 1.54) is 16.8 Å². The minimum atomic E-state index is -0.450. The normalized spacial score (nSPS) is 10.8. The van der Waals surface area contributed by atoms with Gasteiger partial charge in [0, 0.05) is 12.7 Å². The van der Waals surface area contributed by atoms with Gasteiger partial charge in [-0.05, 0) is 29.8 Å². The third-order valence-corrected chi connectivity index (χ3v) is 4.53. The molecule has 30 heavy (non-hydrogen) atoms. The molecule has 0 spiro atoms. The number of methoxy groups -OCH3 is 2. The standard InChI is InChI=1S/C21H18FN5O3/c1-29-17-8-7-13(9-18(17)30-2)10-23-21-24-11-14(12-28)20-25-19(26-27(20)21)15-5-3-4-6-16(15)22/h3-9,11-12H,10H2,1-2H3,(H,23,24). The second kappa shape index (κ2) is 8.16. The van der Waals surface area contributed by atoms with Crippen LogP contribution in [-0.4, -0.2) is 40.1 Å². The molecule has 152 valence electrons. The van der Waals surface area contributed by atoms with Gasteiger partial charge in [-0.3, -0.25) is 4.79 Å². The van der Waals surface area contributed by atoms with Crippen molar-refractivity contribution in [3.63, 3.8) is 0 Å². The van der Waals surface area contributed by atoms with Crippen LogP contribution in [0.2, 0.25) is 0 Å². The third-order valence-electron chi connectivity index (χ3n) is 4.53. The average Bonchev–Trinajstić information content (AvgIpc) is 3.23. The third kappa shape index (κ3) is 3.52. The fraction of sp³-hybridized carbons (Fsp3) is 0.143. The highest BCUT2D eigenvalue weighted by Gasteiger charge is 2.16. The summed E-state index contributed by atoms with van der Waals surface area (Å²) in [6.07, 6.45) is 2.04. The quantitative estimate of drug-likeness (QED) is 0.470. The number of ether oxygens (including phenoxy) is 2. The lowest BCUT2D eigenvalue weighted by Gasteiger charge is -2.11. The summed E-state index contributed by atoms with van der Waals surface area (Å²) >= 11 is 0. The lowest BCUT2D eigenvalue weighted by atomic mass is 10.2. The topological polar surface area (TPSA) is 90.6 Å². The molecular formula is C21H18FN5O3. The second-order valence-corrected chi connectivity index (χ2v) is 6.35. The minimum absolute atomic E-state index is 0.165. The Balaban J connectivity index is 1.69. The van der Waals surface area contributed by atoms with Gasteiger partial charge in [-0.1, -0.05) is 18.2 Å². The van der Waals surface area contributed by atoms with E-state index in [0.29, 0.717) is 30.3 Å².